The summed E-state index contributed by atoms with van der Waals surface area (Å²) in [6, 6.07) is 5.86. The number of nitrogens with two attached hydrogens (primary N) is 1. The molecule has 1 saturated carbocycles. The second-order valence-corrected chi connectivity index (χ2v) is 4.83. The molecular weight excluding hydrogens is 245 g/mol. The molecule has 1 fully saturated rings. The molecule has 1 aromatic carbocycles. The SMILES string of the molecule is N#Cc1ccc(NC(=O)C2CCCC2CN)c(F)c1. The number of anilines is 1. The van der Waals surface area contributed by atoms with Gasteiger partial charge in [-0.2, -0.15) is 5.26 Å². The van der Waals surface area contributed by atoms with Gasteiger partial charge in [0.05, 0.1) is 17.3 Å². The van der Waals surface area contributed by atoms with Crippen LogP contribution in [0.15, 0.2) is 18.2 Å². The molecule has 2 rings (SSSR count). The molecule has 5 heteroatoms. The number of hydrogen-bond donors (Lipinski definition) is 2. The third-order valence-electron chi connectivity index (χ3n) is 3.65. The summed E-state index contributed by atoms with van der Waals surface area (Å²) in [4.78, 5) is 12.1. The average molecular weight is 261 g/mol. The molecule has 0 heterocycles. The number of benzene rings is 1. The van der Waals surface area contributed by atoms with E-state index in [-0.39, 0.29) is 29.0 Å². The first-order valence-corrected chi connectivity index (χ1v) is 6.36. The Balaban J connectivity index is 2.09. The van der Waals surface area contributed by atoms with Gasteiger partial charge in [0, 0.05) is 5.92 Å². The van der Waals surface area contributed by atoms with Gasteiger partial charge in [0.1, 0.15) is 5.82 Å². The van der Waals surface area contributed by atoms with Crippen LogP contribution in [0.25, 0.3) is 0 Å². The predicted octanol–water partition coefficient (Wildman–Crippen LogP) is 2.01. The Morgan fingerprint density at radius 2 is 2.32 bits per heavy atom. The third kappa shape index (κ3) is 2.91. The molecule has 1 aliphatic rings. The number of carbonyl (C=O) groups is 1. The van der Waals surface area contributed by atoms with Crippen molar-refractivity contribution < 1.29 is 9.18 Å². The number of nitrogens with one attached hydrogen (secondary N) is 1. The van der Waals surface area contributed by atoms with Gasteiger partial charge in [-0.25, -0.2) is 4.39 Å². The molecule has 3 N–H and O–H groups in total. The lowest BCUT2D eigenvalue weighted by molar-refractivity contribution is -0.120. The molecule has 0 bridgehead atoms. The van der Waals surface area contributed by atoms with Gasteiger partial charge in [-0.05, 0) is 43.5 Å². The third-order valence-corrected chi connectivity index (χ3v) is 3.65. The van der Waals surface area contributed by atoms with Gasteiger partial charge in [-0.15, -0.1) is 0 Å². The van der Waals surface area contributed by atoms with E-state index in [1.54, 1.807) is 0 Å². The molecule has 0 saturated heterocycles. The Morgan fingerprint density at radius 3 is 2.95 bits per heavy atom. The summed E-state index contributed by atoms with van der Waals surface area (Å²) in [6.45, 7) is 0.480. The van der Waals surface area contributed by atoms with Crippen LogP contribution in [0, 0.1) is 29.0 Å². The quantitative estimate of drug-likeness (QED) is 0.873. The normalized spacial score (nSPS) is 21.9. The first kappa shape index (κ1) is 13.5. The first-order valence-electron chi connectivity index (χ1n) is 6.36. The lowest BCUT2D eigenvalue weighted by Crippen LogP contribution is -2.30. The zero-order valence-corrected chi connectivity index (χ0v) is 10.5. The maximum absolute atomic E-state index is 13.7. The highest BCUT2D eigenvalue weighted by atomic mass is 19.1. The van der Waals surface area contributed by atoms with Crippen LogP contribution >= 0.6 is 0 Å². The van der Waals surface area contributed by atoms with Crippen molar-refractivity contribution in [3.8, 4) is 6.07 Å². The van der Waals surface area contributed by atoms with Crippen molar-refractivity contribution in [3.63, 3.8) is 0 Å². The van der Waals surface area contributed by atoms with Gasteiger partial charge in [0.25, 0.3) is 0 Å². The summed E-state index contributed by atoms with van der Waals surface area (Å²) in [7, 11) is 0. The predicted molar refractivity (Wildman–Crippen MR) is 69.6 cm³/mol. The largest absolute Gasteiger partial charge is 0.330 e. The average Bonchev–Trinajstić information content (AvgIpc) is 2.89. The maximum Gasteiger partial charge on any atom is 0.227 e. The highest BCUT2D eigenvalue weighted by molar-refractivity contribution is 5.93. The topological polar surface area (TPSA) is 78.9 Å². The molecular formula is C14H16FN3O. The minimum Gasteiger partial charge on any atom is -0.330 e. The second kappa shape index (κ2) is 5.81. The van der Waals surface area contributed by atoms with Crippen molar-refractivity contribution in [1.82, 2.24) is 0 Å². The van der Waals surface area contributed by atoms with Crippen molar-refractivity contribution in [1.29, 1.82) is 5.26 Å². The summed E-state index contributed by atoms with van der Waals surface area (Å²) in [5.41, 5.74) is 5.98. The van der Waals surface area contributed by atoms with Crippen LogP contribution in [0.5, 0.6) is 0 Å². The van der Waals surface area contributed by atoms with E-state index in [1.807, 2.05) is 6.07 Å². The Hall–Kier alpha value is -1.93. The summed E-state index contributed by atoms with van der Waals surface area (Å²) >= 11 is 0. The summed E-state index contributed by atoms with van der Waals surface area (Å²) in [5.74, 6) is -0.729. The van der Waals surface area contributed by atoms with E-state index in [1.165, 1.54) is 12.1 Å². The van der Waals surface area contributed by atoms with Crippen molar-refractivity contribution in [2.45, 2.75) is 19.3 Å². The summed E-state index contributed by atoms with van der Waals surface area (Å²) in [5, 5.41) is 11.2. The maximum atomic E-state index is 13.7. The smallest absolute Gasteiger partial charge is 0.227 e. The Kier molecular flexibility index (Phi) is 4.13. The van der Waals surface area contributed by atoms with E-state index in [2.05, 4.69) is 5.32 Å². The fraction of sp³-hybridized carbons (Fsp3) is 0.429. The standard InChI is InChI=1S/C14H16FN3O/c15-12-6-9(7-16)4-5-13(12)18-14(19)11-3-1-2-10(11)8-17/h4-6,10-11H,1-3,8,17H2,(H,18,19). The van der Waals surface area contributed by atoms with Crippen LogP contribution in [0.3, 0.4) is 0 Å². The van der Waals surface area contributed by atoms with Crippen molar-refractivity contribution in [2.24, 2.45) is 17.6 Å². The molecule has 4 nitrogen and oxygen atoms in total. The number of rotatable bonds is 3. The van der Waals surface area contributed by atoms with E-state index >= 15 is 0 Å². The number of nitrogens with zero attached hydrogens (tertiary/aromatic N) is 1. The molecule has 0 aromatic heterocycles. The number of halogens is 1. The molecule has 100 valence electrons. The van der Waals surface area contributed by atoms with Gasteiger partial charge in [-0.1, -0.05) is 6.42 Å². The zero-order chi connectivity index (χ0) is 13.8. The van der Waals surface area contributed by atoms with Gasteiger partial charge in [0.2, 0.25) is 5.91 Å². The fourth-order valence-corrected chi connectivity index (χ4v) is 2.58. The monoisotopic (exact) mass is 261 g/mol. The lowest BCUT2D eigenvalue weighted by Gasteiger charge is -2.17. The lowest BCUT2D eigenvalue weighted by atomic mass is 9.95. The van der Waals surface area contributed by atoms with E-state index in [4.69, 9.17) is 11.0 Å². The number of amides is 1. The van der Waals surface area contributed by atoms with Crippen molar-refractivity contribution in [3.05, 3.63) is 29.6 Å². The highest BCUT2D eigenvalue weighted by Crippen LogP contribution is 2.32. The van der Waals surface area contributed by atoms with Crippen LogP contribution in [-0.4, -0.2) is 12.5 Å². The molecule has 0 radical (unpaired) electrons. The Labute approximate surface area is 111 Å². The molecule has 1 amide bonds. The van der Waals surface area contributed by atoms with Gasteiger partial charge in [0.15, 0.2) is 0 Å². The molecule has 0 spiro atoms. The van der Waals surface area contributed by atoms with Crippen molar-refractivity contribution in [2.75, 3.05) is 11.9 Å². The second-order valence-electron chi connectivity index (χ2n) is 4.83. The number of nitriles is 1. The molecule has 0 aliphatic heterocycles. The van der Waals surface area contributed by atoms with Crippen LogP contribution < -0.4 is 11.1 Å². The van der Waals surface area contributed by atoms with Crippen LogP contribution in [0.2, 0.25) is 0 Å². The molecule has 2 unspecified atom stereocenters. The zero-order valence-electron chi connectivity index (χ0n) is 10.5. The van der Waals surface area contributed by atoms with Crippen LogP contribution in [0.1, 0.15) is 24.8 Å². The van der Waals surface area contributed by atoms with E-state index in [9.17, 15) is 9.18 Å². The Morgan fingerprint density at radius 1 is 1.53 bits per heavy atom. The molecule has 2 atom stereocenters. The fourth-order valence-electron chi connectivity index (χ4n) is 2.58. The van der Waals surface area contributed by atoms with E-state index < -0.39 is 5.82 Å². The molecule has 19 heavy (non-hydrogen) atoms. The summed E-state index contributed by atoms with van der Waals surface area (Å²) in [6.07, 6.45) is 2.73. The first-order chi connectivity index (χ1) is 9.15. The van der Waals surface area contributed by atoms with Crippen LogP contribution in [0.4, 0.5) is 10.1 Å². The van der Waals surface area contributed by atoms with Crippen molar-refractivity contribution >= 4 is 11.6 Å². The highest BCUT2D eigenvalue weighted by Gasteiger charge is 2.32. The minimum absolute atomic E-state index is 0.117. The molecule has 1 aromatic rings. The molecule has 1 aliphatic carbocycles. The van der Waals surface area contributed by atoms with Gasteiger partial charge >= 0.3 is 0 Å². The van der Waals surface area contributed by atoms with Gasteiger partial charge in [-0.3, -0.25) is 4.79 Å². The van der Waals surface area contributed by atoms with Crippen LogP contribution in [-0.2, 0) is 4.79 Å². The number of carbonyl (C=O) groups excluding carboxylic acids is 1. The Bertz CT molecular complexity index is 524. The van der Waals surface area contributed by atoms with E-state index in [0.29, 0.717) is 6.54 Å². The van der Waals surface area contributed by atoms with Gasteiger partial charge < -0.3 is 11.1 Å². The minimum atomic E-state index is -0.588. The summed E-state index contributed by atoms with van der Waals surface area (Å²) < 4.78 is 13.7. The number of hydrogen-bond acceptors (Lipinski definition) is 3. The van der Waals surface area contributed by atoms with E-state index in [0.717, 1.165) is 25.3 Å².